The Bertz CT molecular complexity index is 457. The van der Waals surface area contributed by atoms with Gasteiger partial charge < -0.3 is 21.7 Å². The standard InChI is InChI=1S/C14H22N4O2/c1-9(2)17-13(19)8-16-10(3)11-4-6-12(7-5-11)18-14(15)20/h4-7,9-10,16H,8H2,1-3H3,(H,17,19)(H3,15,18,20). The first-order valence-electron chi connectivity index (χ1n) is 6.57. The molecule has 0 saturated carbocycles. The molecule has 0 saturated heterocycles. The lowest BCUT2D eigenvalue weighted by Crippen LogP contribution is -2.38. The van der Waals surface area contributed by atoms with Crippen molar-refractivity contribution in [3.8, 4) is 0 Å². The van der Waals surface area contributed by atoms with E-state index in [1.165, 1.54) is 0 Å². The van der Waals surface area contributed by atoms with Crippen LogP contribution in [0.15, 0.2) is 24.3 Å². The number of nitrogens with two attached hydrogens (primary N) is 1. The molecule has 0 aliphatic heterocycles. The van der Waals surface area contributed by atoms with E-state index in [1.807, 2.05) is 32.9 Å². The number of hydrogen-bond acceptors (Lipinski definition) is 3. The van der Waals surface area contributed by atoms with Crippen LogP contribution < -0.4 is 21.7 Å². The number of hydrogen-bond donors (Lipinski definition) is 4. The Labute approximate surface area is 119 Å². The van der Waals surface area contributed by atoms with Crippen LogP contribution in [-0.4, -0.2) is 24.5 Å². The number of benzene rings is 1. The number of amides is 3. The van der Waals surface area contributed by atoms with Gasteiger partial charge in [-0.2, -0.15) is 0 Å². The number of carbonyl (C=O) groups is 2. The molecule has 0 aromatic heterocycles. The molecule has 1 atom stereocenters. The van der Waals surface area contributed by atoms with Gasteiger partial charge in [-0.05, 0) is 38.5 Å². The molecule has 110 valence electrons. The fourth-order valence-corrected chi connectivity index (χ4v) is 1.73. The molecule has 0 aliphatic rings. The highest BCUT2D eigenvalue weighted by molar-refractivity contribution is 5.87. The van der Waals surface area contributed by atoms with E-state index in [4.69, 9.17) is 5.73 Å². The molecular formula is C14H22N4O2. The number of carbonyl (C=O) groups excluding carboxylic acids is 2. The molecule has 0 radical (unpaired) electrons. The van der Waals surface area contributed by atoms with Crippen LogP contribution in [0.5, 0.6) is 0 Å². The topological polar surface area (TPSA) is 96.2 Å². The first-order chi connectivity index (χ1) is 9.38. The second-order valence-electron chi connectivity index (χ2n) is 4.94. The summed E-state index contributed by atoms with van der Waals surface area (Å²) in [5.41, 5.74) is 6.71. The lowest BCUT2D eigenvalue weighted by Gasteiger charge is -2.15. The van der Waals surface area contributed by atoms with Crippen molar-refractivity contribution < 1.29 is 9.59 Å². The predicted octanol–water partition coefficient (Wildman–Crippen LogP) is 1.35. The second-order valence-corrected chi connectivity index (χ2v) is 4.94. The van der Waals surface area contributed by atoms with Crippen molar-refractivity contribution >= 4 is 17.6 Å². The maximum absolute atomic E-state index is 11.5. The summed E-state index contributed by atoms with van der Waals surface area (Å²) in [4.78, 5) is 22.2. The zero-order valence-corrected chi connectivity index (χ0v) is 12.1. The smallest absolute Gasteiger partial charge is 0.316 e. The van der Waals surface area contributed by atoms with Gasteiger partial charge in [0.1, 0.15) is 0 Å². The molecule has 1 rings (SSSR count). The quantitative estimate of drug-likeness (QED) is 0.632. The average molecular weight is 278 g/mol. The summed E-state index contributed by atoms with van der Waals surface area (Å²) in [5, 5.41) is 8.45. The Balaban J connectivity index is 2.49. The SMILES string of the molecule is CC(C)NC(=O)CNC(C)c1ccc(NC(N)=O)cc1. The van der Waals surface area contributed by atoms with Crippen molar-refractivity contribution in [3.63, 3.8) is 0 Å². The van der Waals surface area contributed by atoms with Gasteiger partial charge in [0.2, 0.25) is 5.91 Å². The van der Waals surface area contributed by atoms with Crippen LogP contribution in [0.2, 0.25) is 0 Å². The number of urea groups is 1. The molecule has 0 aliphatic carbocycles. The van der Waals surface area contributed by atoms with E-state index in [1.54, 1.807) is 12.1 Å². The second kappa shape index (κ2) is 7.49. The van der Waals surface area contributed by atoms with Gasteiger partial charge in [-0.15, -0.1) is 0 Å². The summed E-state index contributed by atoms with van der Waals surface area (Å²) in [6.07, 6.45) is 0. The summed E-state index contributed by atoms with van der Waals surface area (Å²) < 4.78 is 0. The van der Waals surface area contributed by atoms with Crippen LogP contribution in [0, 0.1) is 0 Å². The molecule has 1 unspecified atom stereocenters. The maximum Gasteiger partial charge on any atom is 0.316 e. The molecule has 20 heavy (non-hydrogen) atoms. The van der Waals surface area contributed by atoms with Gasteiger partial charge in [0.25, 0.3) is 0 Å². The molecule has 1 aromatic carbocycles. The Morgan fingerprint density at radius 2 is 1.75 bits per heavy atom. The molecular weight excluding hydrogens is 256 g/mol. The van der Waals surface area contributed by atoms with Crippen molar-refractivity contribution in [1.29, 1.82) is 0 Å². The Morgan fingerprint density at radius 3 is 2.25 bits per heavy atom. The molecule has 6 nitrogen and oxygen atoms in total. The number of nitrogens with one attached hydrogen (secondary N) is 3. The lowest BCUT2D eigenvalue weighted by atomic mass is 10.1. The van der Waals surface area contributed by atoms with Gasteiger partial charge in [-0.3, -0.25) is 4.79 Å². The molecule has 5 N–H and O–H groups in total. The number of primary amides is 1. The zero-order chi connectivity index (χ0) is 15.1. The molecule has 0 bridgehead atoms. The van der Waals surface area contributed by atoms with E-state index < -0.39 is 6.03 Å². The molecule has 6 heteroatoms. The summed E-state index contributed by atoms with van der Waals surface area (Å²) in [6.45, 7) is 6.08. The Morgan fingerprint density at radius 1 is 1.15 bits per heavy atom. The highest BCUT2D eigenvalue weighted by atomic mass is 16.2. The zero-order valence-electron chi connectivity index (χ0n) is 12.1. The first kappa shape index (κ1) is 16.0. The van der Waals surface area contributed by atoms with Gasteiger partial charge in [-0.1, -0.05) is 12.1 Å². The number of rotatable bonds is 6. The van der Waals surface area contributed by atoms with Crippen LogP contribution >= 0.6 is 0 Å². The summed E-state index contributed by atoms with van der Waals surface area (Å²) in [7, 11) is 0. The van der Waals surface area contributed by atoms with Crippen molar-refractivity contribution in [2.75, 3.05) is 11.9 Å². The minimum Gasteiger partial charge on any atom is -0.353 e. The van der Waals surface area contributed by atoms with Crippen LogP contribution in [0.25, 0.3) is 0 Å². The van der Waals surface area contributed by atoms with Crippen LogP contribution in [0.1, 0.15) is 32.4 Å². The van der Waals surface area contributed by atoms with E-state index in [9.17, 15) is 9.59 Å². The van der Waals surface area contributed by atoms with Crippen molar-refractivity contribution in [2.24, 2.45) is 5.73 Å². The largest absolute Gasteiger partial charge is 0.353 e. The fraction of sp³-hybridized carbons (Fsp3) is 0.429. The Hall–Kier alpha value is -2.08. The van der Waals surface area contributed by atoms with E-state index in [0.29, 0.717) is 5.69 Å². The van der Waals surface area contributed by atoms with Crippen LogP contribution in [0.4, 0.5) is 10.5 Å². The highest BCUT2D eigenvalue weighted by Crippen LogP contribution is 2.15. The van der Waals surface area contributed by atoms with Crippen LogP contribution in [0.3, 0.4) is 0 Å². The maximum atomic E-state index is 11.5. The van der Waals surface area contributed by atoms with Gasteiger partial charge in [0, 0.05) is 17.8 Å². The predicted molar refractivity (Wildman–Crippen MR) is 79.3 cm³/mol. The monoisotopic (exact) mass is 278 g/mol. The third-order valence-electron chi connectivity index (χ3n) is 2.70. The number of anilines is 1. The van der Waals surface area contributed by atoms with Crippen molar-refractivity contribution in [2.45, 2.75) is 32.9 Å². The summed E-state index contributed by atoms with van der Waals surface area (Å²) >= 11 is 0. The summed E-state index contributed by atoms with van der Waals surface area (Å²) in [6, 6.07) is 6.88. The molecule has 0 fully saturated rings. The van der Waals surface area contributed by atoms with Gasteiger partial charge in [0.15, 0.2) is 0 Å². The van der Waals surface area contributed by atoms with Gasteiger partial charge in [-0.25, -0.2) is 4.79 Å². The fourth-order valence-electron chi connectivity index (χ4n) is 1.73. The molecule has 0 spiro atoms. The minimum absolute atomic E-state index is 0.0288. The van der Waals surface area contributed by atoms with E-state index in [-0.39, 0.29) is 24.5 Å². The normalized spacial score (nSPS) is 12.0. The lowest BCUT2D eigenvalue weighted by molar-refractivity contribution is -0.120. The third kappa shape index (κ3) is 5.71. The summed E-state index contributed by atoms with van der Waals surface area (Å²) in [5.74, 6) is -0.0288. The van der Waals surface area contributed by atoms with Crippen molar-refractivity contribution in [3.05, 3.63) is 29.8 Å². The highest BCUT2D eigenvalue weighted by Gasteiger charge is 2.08. The average Bonchev–Trinajstić information content (AvgIpc) is 2.35. The molecule has 1 aromatic rings. The van der Waals surface area contributed by atoms with Gasteiger partial charge in [0.05, 0.1) is 6.54 Å². The van der Waals surface area contributed by atoms with E-state index in [2.05, 4.69) is 16.0 Å². The van der Waals surface area contributed by atoms with E-state index >= 15 is 0 Å². The third-order valence-corrected chi connectivity index (χ3v) is 2.70. The molecule has 3 amide bonds. The minimum atomic E-state index is -0.589. The van der Waals surface area contributed by atoms with E-state index in [0.717, 1.165) is 5.56 Å². The molecule has 0 heterocycles. The van der Waals surface area contributed by atoms with Crippen molar-refractivity contribution in [1.82, 2.24) is 10.6 Å². The van der Waals surface area contributed by atoms with Gasteiger partial charge >= 0.3 is 6.03 Å². The first-order valence-corrected chi connectivity index (χ1v) is 6.57. The van der Waals surface area contributed by atoms with Crippen LogP contribution in [-0.2, 0) is 4.79 Å². The Kier molecular flexibility index (Phi) is 5.99.